The van der Waals surface area contributed by atoms with Crippen molar-refractivity contribution in [2.24, 2.45) is 5.92 Å². The minimum absolute atomic E-state index is 0.0206. The van der Waals surface area contributed by atoms with E-state index < -0.39 is 0 Å². The highest BCUT2D eigenvalue weighted by atomic mass is 35.5. The summed E-state index contributed by atoms with van der Waals surface area (Å²) in [5.74, 6) is 1.32. The summed E-state index contributed by atoms with van der Waals surface area (Å²) >= 11 is 6.50. The molecule has 0 atom stereocenters. The average Bonchev–Trinajstić information content (AvgIpc) is 3.21. The second-order valence-electron chi connectivity index (χ2n) is 8.69. The molecule has 160 valence electrons. The SMILES string of the molecule is Cc1ccc(C(=O)N(C)CC2CC(Oc3ccc(CN4CCCC4)c(Cl)c3)C2)cn1. The van der Waals surface area contributed by atoms with Crippen LogP contribution in [0.15, 0.2) is 36.5 Å². The van der Waals surface area contributed by atoms with Crippen molar-refractivity contribution >= 4 is 17.5 Å². The number of hydrogen-bond acceptors (Lipinski definition) is 4. The molecule has 1 saturated heterocycles. The number of pyridine rings is 1. The Morgan fingerprint density at radius 2 is 2.00 bits per heavy atom. The first-order valence-electron chi connectivity index (χ1n) is 10.8. The summed E-state index contributed by atoms with van der Waals surface area (Å²) in [5, 5.41) is 0.785. The second kappa shape index (κ2) is 9.36. The van der Waals surface area contributed by atoms with Gasteiger partial charge in [0, 0.05) is 37.1 Å². The molecule has 5 nitrogen and oxygen atoms in total. The van der Waals surface area contributed by atoms with Gasteiger partial charge in [0.1, 0.15) is 5.75 Å². The zero-order valence-corrected chi connectivity index (χ0v) is 18.6. The fourth-order valence-corrected chi connectivity index (χ4v) is 4.54. The Labute approximate surface area is 184 Å². The van der Waals surface area contributed by atoms with Crippen molar-refractivity contribution in [3.05, 3.63) is 58.4 Å². The van der Waals surface area contributed by atoms with Gasteiger partial charge in [-0.1, -0.05) is 17.7 Å². The Hall–Kier alpha value is -2.11. The fraction of sp³-hybridized carbons (Fsp3) is 0.500. The van der Waals surface area contributed by atoms with Crippen LogP contribution in [0.4, 0.5) is 0 Å². The predicted molar refractivity (Wildman–Crippen MR) is 119 cm³/mol. The van der Waals surface area contributed by atoms with Gasteiger partial charge in [-0.15, -0.1) is 0 Å². The van der Waals surface area contributed by atoms with Gasteiger partial charge in [-0.25, -0.2) is 0 Å². The number of likely N-dealkylation sites (tertiary alicyclic amines) is 1. The fourth-order valence-electron chi connectivity index (χ4n) is 4.31. The number of aryl methyl sites for hydroxylation is 1. The number of carbonyl (C=O) groups is 1. The van der Waals surface area contributed by atoms with E-state index in [9.17, 15) is 4.79 Å². The lowest BCUT2D eigenvalue weighted by molar-refractivity contribution is 0.0419. The van der Waals surface area contributed by atoms with Crippen molar-refractivity contribution in [3.8, 4) is 5.75 Å². The largest absolute Gasteiger partial charge is 0.490 e. The molecule has 4 rings (SSSR count). The highest BCUT2D eigenvalue weighted by molar-refractivity contribution is 6.31. The first-order chi connectivity index (χ1) is 14.5. The molecule has 2 aromatic rings. The van der Waals surface area contributed by atoms with E-state index in [1.807, 2.05) is 38.2 Å². The van der Waals surface area contributed by atoms with E-state index >= 15 is 0 Å². The van der Waals surface area contributed by atoms with Gasteiger partial charge in [-0.05, 0) is 81.4 Å². The summed E-state index contributed by atoms with van der Waals surface area (Å²) in [6.07, 6.45) is 6.32. The number of rotatable bonds is 7. The molecule has 1 aromatic carbocycles. The number of ether oxygens (including phenoxy) is 1. The first kappa shape index (κ1) is 21.1. The minimum Gasteiger partial charge on any atom is -0.490 e. The number of hydrogen-bond donors (Lipinski definition) is 0. The zero-order valence-electron chi connectivity index (χ0n) is 17.8. The smallest absolute Gasteiger partial charge is 0.255 e. The van der Waals surface area contributed by atoms with Crippen LogP contribution >= 0.6 is 11.6 Å². The molecule has 1 aliphatic carbocycles. The second-order valence-corrected chi connectivity index (χ2v) is 9.09. The van der Waals surface area contributed by atoms with E-state index in [2.05, 4.69) is 16.0 Å². The Morgan fingerprint density at radius 3 is 2.67 bits per heavy atom. The van der Waals surface area contributed by atoms with Crippen molar-refractivity contribution < 1.29 is 9.53 Å². The summed E-state index contributed by atoms with van der Waals surface area (Å²) in [4.78, 5) is 21.0. The van der Waals surface area contributed by atoms with Crippen LogP contribution in [0.1, 0.15) is 47.3 Å². The lowest BCUT2D eigenvalue weighted by Crippen LogP contribution is -2.41. The van der Waals surface area contributed by atoms with Crippen LogP contribution in [0.2, 0.25) is 5.02 Å². The van der Waals surface area contributed by atoms with E-state index in [1.54, 1.807) is 11.1 Å². The monoisotopic (exact) mass is 427 g/mol. The number of nitrogens with zero attached hydrogens (tertiary/aromatic N) is 3. The average molecular weight is 428 g/mol. The van der Waals surface area contributed by atoms with Gasteiger partial charge in [-0.3, -0.25) is 14.7 Å². The quantitative estimate of drug-likeness (QED) is 0.649. The van der Waals surface area contributed by atoms with Crippen molar-refractivity contribution in [1.82, 2.24) is 14.8 Å². The highest BCUT2D eigenvalue weighted by Crippen LogP contribution is 2.33. The zero-order chi connectivity index (χ0) is 21.1. The van der Waals surface area contributed by atoms with Gasteiger partial charge >= 0.3 is 0 Å². The lowest BCUT2D eigenvalue weighted by atomic mass is 9.82. The van der Waals surface area contributed by atoms with Gasteiger partial charge in [-0.2, -0.15) is 0 Å². The first-order valence-corrected chi connectivity index (χ1v) is 11.2. The maximum atomic E-state index is 12.5. The summed E-state index contributed by atoms with van der Waals surface area (Å²) in [5.41, 5.74) is 2.72. The summed E-state index contributed by atoms with van der Waals surface area (Å²) < 4.78 is 6.11. The maximum absolute atomic E-state index is 12.5. The molecule has 0 bridgehead atoms. The standard InChI is InChI=1S/C24H30ClN3O2/c1-17-5-6-19(14-26-17)24(29)27(2)15-18-11-22(12-18)30-21-8-7-20(23(25)13-21)16-28-9-3-4-10-28/h5-8,13-14,18,22H,3-4,9-12,15-16H2,1-2H3. The third-order valence-corrected chi connectivity index (χ3v) is 6.50. The molecule has 1 aromatic heterocycles. The van der Waals surface area contributed by atoms with E-state index in [1.165, 1.54) is 18.4 Å². The molecule has 0 radical (unpaired) electrons. The van der Waals surface area contributed by atoms with Crippen LogP contribution in [0, 0.1) is 12.8 Å². The Kier molecular flexibility index (Phi) is 6.59. The van der Waals surface area contributed by atoms with Crippen LogP contribution in [0.3, 0.4) is 0 Å². The van der Waals surface area contributed by atoms with E-state index in [0.29, 0.717) is 11.5 Å². The third-order valence-electron chi connectivity index (χ3n) is 6.15. The molecular formula is C24H30ClN3O2. The topological polar surface area (TPSA) is 45.7 Å². The molecule has 0 N–H and O–H groups in total. The molecule has 2 heterocycles. The molecular weight excluding hydrogens is 398 g/mol. The van der Waals surface area contributed by atoms with E-state index in [0.717, 1.165) is 55.5 Å². The van der Waals surface area contributed by atoms with Crippen molar-refractivity contribution in [2.75, 3.05) is 26.7 Å². The van der Waals surface area contributed by atoms with Gasteiger partial charge in [0.25, 0.3) is 5.91 Å². The summed E-state index contributed by atoms with van der Waals surface area (Å²) in [6.45, 7) is 5.90. The predicted octanol–water partition coefficient (Wildman–Crippen LogP) is 4.57. The van der Waals surface area contributed by atoms with Crippen LogP contribution in [0.25, 0.3) is 0 Å². The molecule has 1 saturated carbocycles. The highest BCUT2D eigenvalue weighted by Gasteiger charge is 2.32. The number of carbonyl (C=O) groups excluding carboxylic acids is 1. The molecule has 1 aliphatic heterocycles. The Bertz CT molecular complexity index is 875. The number of amides is 1. The molecule has 30 heavy (non-hydrogen) atoms. The van der Waals surface area contributed by atoms with E-state index in [4.69, 9.17) is 16.3 Å². The molecule has 2 fully saturated rings. The van der Waals surface area contributed by atoms with Crippen LogP contribution in [0.5, 0.6) is 5.75 Å². The summed E-state index contributed by atoms with van der Waals surface area (Å²) in [7, 11) is 1.86. The van der Waals surface area contributed by atoms with Gasteiger partial charge in [0.2, 0.25) is 0 Å². The van der Waals surface area contributed by atoms with E-state index in [-0.39, 0.29) is 12.0 Å². The molecule has 6 heteroatoms. The number of aromatic nitrogens is 1. The number of halogens is 1. The summed E-state index contributed by atoms with van der Waals surface area (Å²) in [6, 6.07) is 9.78. The molecule has 1 amide bonds. The van der Waals surface area contributed by atoms with Crippen molar-refractivity contribution in [3.63, 3.8) is 0 Å². The van der Waals surface area contributed by atoms with Crippen LogP contribution < -0.4 is 4.74 Å². The normalized spacial score (nSPS) is 21.3. The van der Waals surface area contributed by atoms with Crippen LogP contribution in [-0.4, -0.2) is 53.5 Å². The molecule has 0 spiro atoms. The van der Waals surface area contributed by atoms with Gasteiger partial charge in [0.15, 0.2) is 0 Å². The molecule has 2 aliphatic rings. The molecule has 0 unspecified atom stereocenters. The Morgan fingerprint density at radius 1 is 1.23 bits per heavy atom. The minimum atomic E-state index is 0.0206. The Balaban J connectivity index is 1.23. The third kappa shape index (κ3) is 5.13. The number of benzene rings is 1. The maximum Gasteiger partial charge on any atom is 0.255 e. The van der Waals surface area contributed by atoms with Gasteiger partial charge < -0.3 is 9.64 Å². The van der Waals surface area contributed by atoms with Gasteiger partial charge in [0.05, 0.1) is 11.7 Å². The lowest BCUT2D eigenvalue weighted by Gasteiger charge is -2.37. The van der Waals surface area contributed by atoms with Crippen molar-refractivity contribution in [1.29, 1.82) is 0 Å². The van der Waals surface area contributed by atoms with Crippen LogP contribution in [-0.2, 0) is 6.54 Å². The van der Waals surface area contributed by atoms with Crippen molar-refractivity contribution in [2.45, 2.75) is 45.3 Å².